The Morgan fingerprint density at radius 3 is 2.59 bits per heavy atom. The molecule has 22 heavy (non-hydrogen) atoms. The summed E-state index contributed by atoms with van der Waals surface area (Å²) in [7, 11) is 0. The van der Waals surface area contributed by atoms with Gasteiger partial charge in [-0.2, -0.15) is 13.2 Å². The van der Waals surface area contributed by atoms with Crippen LogP contribution in [0.15, 0.2) is 18.2 Å². The van der Waals surface area contributed by atoms with E-state index in [0.717, 1.165) is 12.5 Å². The van der Waals surface area contributed by atoms with Gasteiger partial charge >= 0.3 is 6.18 Å². The molecule has 0 saturated heterocycles. The zero-order chi connectivity index (χ0) is 16.8. The second-order valence-electron chi connectivity index (χ2n) is 4.72. The molecular formula is C15H19ClF3NO2. The molecule has 0 saturated carbocycles. The van der Waals surface area contributed by atoms with Crippen LogP contribution in [0.4, 0.5) is 18.9 Å². The Morgan fingerprint density at radius 2 is 2.05 bits per heavy atom. The molecule has 1 amide bonds. The second-order valence-corrected chi connectivity index (χ2v) is 5.25. The van der Waals surface area contributed by atoms with E-state index in [-0.39, 0.29) is 12.3 Å². The number of aryl methyl sites for hydroxylation is 1. The number of ether oxygens (including phenoxy) is 1. The number of hydrogen-bond acceptors (Lipinski definition) is 2. The Kier molecular flexibility index (Phi) is 7.16. The minimum atomic E-state index is -4.55. The Bertz CT molecular complexity index is 506. The van der Waals surface area contributed by atoms with Crippen LogP contribution in [0.5, 0.6) is 0 Å². The summed E-state index contributed by atoms with van der Waals surface area (Å²) >= 11 is 5.86. The largest absolute Gasteiger partial charge is 0.418 e. The fourth-order valence-corrected chi connectivity index (χ4v) is 2.03. The molecular weight excluding hydrogens is 319 g/mol. The van der Waals surface area contributed by atoms with Gasteiger partial charge in [-0.05, 0) is 24.5 Å². The number of alkyl halides is 4. The number of halogens is 4. The van der Waals surface area contributed by atoms with Crippen LogP contribution >= 0.6 is 11.6 Å². The van der Waals surface area contributed by atoms with E-state index in [0.29, 0.717) is 18.6 Å². The Morgan fingerprint density at radius 1 is 1.36 bits per heavy atom. The molecule has 0 radical (unpaired) electrons. The number of carbonyl (C=O) groups is 1. The van der Waals surface area contributed by atoms with Crippen molar-refractivity contribution in [1.29, 1.82) is 0 Å². The monoisotopic (exact) mass is 337 g/mol. The predicted molar refractivity (Wildman–Crippen MR) is 80.2 cm³/mol. The van der Waals surface area contributed by atoms with Crippen LogP contribution in [0.25, 0.3) is 0 Å². The van der Waals surface area contributed by atoms with Crippen molar-refractivity contribution in [2.75, 3.05) is 18.5 Å². The van der Waals surface area contributed by atoms with Crippen molar-refractivity contribution in [3.63, 3.8) is 0 Å². The molecule has 0 aliphatic rings. The lowest BCUT2D eigenvalue weighted by atomic mass is 10.0. The highest BCUT2D eigenvalue weighted by Gasteiger charge is 2.35. The first-order chi connectivity index (χ1) is 10.3. The molecule has 0 fully saturated rings. The van der Waals surface area contributed by atoms with Gasteiger partial charge in [0.05, 0.1) is 17.9 Å². The van der Waals surface area contributed by atoms with Crippen molar-refractivity contribution < 1.29 is 22.7 Å². The molecule has 1 N–H and O–H groups in total. The molecule has 1 aromatic rings. The third-order valence-electron chi connectivity index (χ3n) is 2.98. The van der Waals surface area contributed by atoms with Crippen LogP contribution in [0.3, 0.4) is 0 Å². The zero-order valence-corrected chi connectivity index (χ0v) is 13.2. The van der Waals surface area contributed by atoms with Gasteiger partial charge in [-0.25, -0.2) is 0 Å². The summed E-state index contributed by atoms with van der Waals surface area (Å²) in [6, 6.07) is 3.80. The predicted octanol–water partition coefficient (Wildman–Crippen LogP) is 4.24. The second kappa shape index (κ2) is 8.39. The van der Waals surface area contributed by atoms with E-state index in [1.807, 2.05) is 6.92 Å². The maximum absolute atomic E-state index is 13.1. The summed E-state index contributed by atoms with van der Waals surface area (Å²) in [5, 5.41) is 1.25. The van der Waals surface area contributed by atoms with Gasteiger partial charge in [-0.3, -0.25) is 4.79 Å². The van der Waals surface area contributed by atoms with Gasteiger partial charge in [0.2, 0.25) is 5.91 Å². The van der Waals surface area contributed by atoms with Crippen molar-refractivity contribution in [1.82, 2.24) is 0 Å². The minimum absolute atomic E-state index is 0.0448. The number of amides is 1. The van der Waals surface area contributed by atoms with Crippen molar-refractivity contribution in [3.05, 3.63) is 29.3 Å². The summed E-state index contributed by atoms with van der Waals surface area (Å²) in [5.41, 5.74) is -0.705. The molecule has 3 nitrogen and oxygen atoms in total. The summed E-state index contributed by atoms with van der Waals surface area (Å²) in [4.78, 5) is 12.0. The van der Waals surface area contributed by atoms with E-state index >= 15 is 0 Å². The van der Waals surface area contributed by atoms with Crippen molar-refractivity contribution >= 4 is 23.2 Å². The van der Waals surface area contributed by atoms with E-state index in [4.69, 9.17) is 16.3 Å². The first-order valence-corrected chi connectivity index (χ1v) is 7.46. The van der Waals surface area contributed by atoms with E-state index in [2.05, 4.69) is 5.32 Å². The smallest absolute Gasteiger partial charge is 0.379 e. The van der Waals surface area contributed by atoms with E-state index in [9.17, 15) is 18.0 Å². The van der Waals surface area contributed by atoms with Crippen molar-refractivity contribution in [2.45, 2.75) is 38.2 Å². The van der Waals surface area contributed by atoms with Crippen molar-refractivity contribution in [2.24, 2.45) is 0 Å². The Labute approximate surface area is 132 Å². The first kappa shape index (κ1) is 18.8. The lowest BCUT2D eigenvalue weighted by Gasteiger charge is -2.18. The van der Waals surface area contributed by atoms with Crippen LogP contribution < -0.4 is 5.32 Å². The fourth-order valence-electron chi connectivity index (χ4n) is 1.89. The van der Waals surface area contributed by atoms with Gasteiger partial charge in [0.25, 0.3) is 0 Å². The van der Waals surface area contributed by atoms with Gasteiger partial charge < -0.3 is 10.1 Å². The van der Waals surface area contributed by atoms with Gasteiger partial charge in [0.1, 0.15) is 5.38 Å². The van der Waals surface area contributed by atoms with Crippen molar-refractivity contribution in [3.8, 4) is 0 Å². The molecule has 0 aliphatic heterocycles. The molecule has 0 unspecified atom stereocenters. The Hall–Kier alpha value is -1.27. The number of para-hydroxylation sites is 1. The third-order valence-corrected chi connectivity index (χ3v) is 3.31. The zero-order valence-electron chi connectivity index (χ0n) is 12.5. The molecule has 1 rings (SSSR count). The minimum Gasteiger partial charge on any atom is -0.379 e. The maximum Gasteiger partial charge on any atom is 0.418 e. The van der Waals surface area contributed by atoms with Gasteiger partial charge in [0.15, 0.2) is 0 Å². The third kappa shape index (κ3) is 5.18. The number of anilines is 1. The highest BCUT2D eigenvalue weighted by molar-refractivity contribution is 6.32. The number of hydrogen-bond donors (Lipinski definition) is 1. The number of nitrogens with one attached hydrogen (secondary N) is 1. The standard InChI is InChI=1S/C15H19ClF3NO2/c1-3-8-22-9-12(16)14(21)20-13-10(4-2)6-5-7-11(13)15(17,18)19/h5-7,12H,3-4,8-9H2,1-2H3,(H,20,21)/t12-/m1/s1. The normalized spacial score (nSPS) is 13.0. The maximum atomic E-state index is 13.1. The number of benzene rings is 1. The highest BCUT2D eigenvalue weighted by Crippen LogP contribution is 2.37. The average molecular weight is 338 g/mol. The fraction of sp³-hybridized carbons (Fsp3) is 0.533. The Balaban J connectivity index is 2.94. The van der Waals surface area contributed by atoms with Crippen LogP contribution in [0, 0.1) is 0 Å². The summed E-state index contributed by atoms with van der Waals surface area (Å²) in [6.07, 6.45) is -3.42. The lowest BCUT2D eigenvalue weighted by molar-refractivity contribution is -0.137. The summed E-state index contributed by atoms with van der Waals surface area (Å²) in [6.45, 7) is 4.01. The molecule has 1 aromatic carbocycles. The van der Waals surface area contributed by atoms with E-state index in [1.165, 1.54) is 6.07 Å². The van der Waals surface area contributed by atoms with E-state index in [1.54, 1.807) is 13.0 Å². The van der Waals surface area contributed by atoms with Crippen LogP contribution in [-0.2, 0) is 22.1 Å². The topological polar surface area (TPSA) is 38.3 Å². The molecule has 124 valence electrons. The molecule has 0 aromatic heterocycles. The highest BCUT2D eigenvalue weighted by atomic mass is 35.5. The number of carbonyl (C=O) groups excluding carboxylic acids is 1. The van der Waals surface area contributed by atoms with E-state index < -0.39 is 23.0 Å². The van der Waals surface area contributed by atoms with Gasteiger partial charge in [-0.1, -0.05) is 26.0 Å². The molecule has 0 aliphatic carbocycles. The summed E-state index contributed by atoms with van der Waals surface area (Å²) < 4.78 is 44.3. The number of rotatable bonds is 7. The van der Waals surface area contributed by atoms with Crippen LogP contribution in [0.2, 0.25) is 0 Å². The SMILES string of the molecule is CCCOC[C@@H](Cl)C(=O)Nc1c(CC)cccc1C(F)(F)F. The average Bonchev–Trinajstić information content (AvgIpc) is 2.46. The first-order valence-electron chi connectivity index (χ1n) is 7.03. The quantitative estimate of drug-likeness (QED) is 0.597. The van der Waals surface area contributed by atoms with Gasteiger partial charge in [-0.15, -0.1) is 11.6 Å². The molecule has 0 heterocycles. The van der Waals surface area contributed by atoms with Crippen LogP contribution in [0.1, 0.15) is 31.4 Å². The lowest BCUT2D eigenvalue weighted by Crippen LogP contribution is -2.29. The molecule has 0 spiro atoms. The molecule has 1 atom stereocenters. The van der Waals surface area contributed by atoms with Crippen LogP contribution in [-0.4, -0.2) is 24.5 Å². The molecule has 0 bridgehead atoms. The summed E-state index contributed by atoms with van der Waals surface area (Å²) in [5.74, 6) is -0.704. The van der Waals surface area contributed by atoms with Gasteiger partial charge in [0, 0.05) is 6.61 Å². The molecule has 7 heteroatoms.